The number of hydrogen-bond donors (Lipinski definition) is 0. The van der Waals surface area contributed by atoms with Crippen LogP contribution >= 0.6 is 0 Å². The van der Waals surface area contributed by atoms with Gasteiger partial charge in [0.1, 0.15) is 0 Å². The lowest BCUT2D eigenvalue weighted by Gasteiger charge is -2.34. The van der Waals surface area contributed by atoms with Crippen molar-refractivity contribution in [2.45, 2.75) is 0 Å². The zero-order valence-corrected chi connectivity index (χ0v) is 15.8. The van der Waals surface area contributed by atoms with Gasteiger partial charge >= 0.3 is 5.69 Å². The van der Waals surface area contributed by atoms with E-state index in [2.05, 4.69) is 15.1 Å². The fourth-order valence-corrected chi connectivity index (χ4v) is 3.16. The Kier molecular flexibility index (Phi) is 4.90. The normalized spacial score (nSPS) is 14.1. The Bertz CT molecular complexity index is 1130. The van der Waals surface area contributed by atoms with Crippen LogP contribution in [0.1, 0.15) is 10.5 Å². The third-order valence-electron chi connectivity index (χ3n) is 4.78. The van der Waals surface area contributed by atoms with Crippen LogP contribution in [0.25, 0.3) is 5.69 Å². The zero-order valence-electron chi connectivity index (χ0n) is 15.8. The number of piperazine rings is 1. The Labute approximate surface area is 165 Å². The average Bonchev–Trinajstić information content (AvgIpc) is 2.78. The van der Waals surface area contributed by atoms with Gasteiger partial charge in [-0.15, -0.1) is 0 Å². The first-order valence-corrected chi connectivity index (χ1v) is 9.13. The molecular formula is C19H19N7O3. The highest BCUT2D eigenvalue weighted by Crippen LogP contribution is 2.11. The van der Waals surface area contributed by atoms with Crippen molar-refractivity contribution < 1.29 is 4.79 Å². The third kappa shape index (κ3) is 3.51. The molecule has 0 radical (unpaired) electrons. The fourth-order valence-electron chi connectivity index (χ4n) is 3.16. The second-order valence-electron chi connectivity index (χ2n) is 6.57. The van der Waals surface area contributed by atoms with E-state index < -0.39 is 17.2 Å². The van der Waals surface area contributed by atoms with Crippen LogP contribution in [0.5, 0.6) is 0 Å². The highest BCUT2D eigenvalue weighted by atomic mass is 16.2. The molecule has 4 rings (SSSR count). The van der Waals surface area contributed by atoms with Crippen LogP contribution in [0.3, 0.4) is 0 Å². The van der Waals surface area contributed by atoms with Crippen molar-refractivity contribution in [2.24, 2.45) is 7.05 Å². The minimum atomic E-state index is -0.707. The maximum atomic E-state index is 13.0. The number of carbonyl (C=O) groups is 1. The third-order valence-corrected chi connectivity index (χ3v) is 4.78. The van der Waals surface area contributed by atoms with Crippen LogP contribution in [-0.4, -0.2) is 61.3 Å². The van der Waals surface area contributed by atoms with Crippen LogP contribution in [-0.2, 0) is 7.05 Å². The molecule has 1 aliphatic rings. The monoisotopic (exact) mass is 393 g/mol. The Hall–Kier alpha value is -3.82. The summed E-state index contributed by atoms with van der Waals surface area (Å²) in [6.45, 7) is 1.86. The first kappa shape index (κ1) is 18.5. The molecule has 0 N–H and O–H groups in total. The quantitative estimate of drug-likeness (QED) is 0.600. The highest BCUT2D eigenvalue weighted by molar-refractivity contribution is 5.92. The second kappa shape index (κ2) is 7.66. The van der Waals surface area contributed by atoms with Gasteiger partial charge in [0, 0.05) is 45.6 Å². The summed E-state index contributed by atoms with van der Waals surface area (Å²) < 4.78 is 1.98. The van der Waals surface area contributed by atoms with Gasteiger partial charge in [0.2, 0.25) is 11.6 Å². The lowest BCUT2D eigenvalue weighted by atomic mass is 10.3. The summed E-state index contributed by atoms with van der Waals surface area (Å²) in [5, 5.41) is 4.10. The van der Waals surface area contributed by atoms with Crippen LogP contribution in [0.15, 0.2) is 58.4 Å². The van der Waals surface area contributed by atoms with Gasteiger partial charge < -0.3 is 9.80 Å². The van der Waals surface area contributed by atoms with Crippen LogP contribution in [0.4, 0.5) is 5.95 Å². The Morgan fingerprint density at radius 2 is 1.59 bits per heavy atom. The molecule has 0 atom stereocenters. The van der Waals surface area contributed by atoms with Gasteiger partial charge in [0.15, 0.2) is 0 Å². The summed E-state index contributed by atoms with van der Waals surface area (Å²) >= 11 is 0. The van der Waals surface area contributed by atoms with E-state index in [1.54, 1.807) is 53.7 Å². The molecule has 1 aliphatic heterocycles. The summed E-state index contributed by atoms with van der Waals surface area (Å²) in [6.07, 6.45) is 3.33. The molecule has 2 aromatic heterocycles. The highest BCUT2D eigenvalue weighted by Gasteiger charge is 2.27. The van der Waals surface area contributed by atoms with E-state index in [0.717, 1.165) is 9.25 Å². The Morgan fingerprint density at radius 1 is 0.931 bits per heavy atom. The van der Waals surface area contributed by atoms with Gasteiger partial charge in [0.25, 0.3) is 11.5 Å². The van der Waals surface area contributed by atoms with Gasteiger partial charge in [-0.1, -0.05) is 18.2 Å². The number of benzene rings is 1. The molecule has 148 valence electrons. The molecule has 10 nitrogen and oxygen atoms in total. The molecule has 1 fully saturated rings. The van der Waals surface area contributed by atoms with Gasteiger partial charge in [-0.2, -0.15) is 9.78 Å². The molecule has 0 aliphatic carbocycles. The van der Waals surface area contributed by atoms with Crippen molar-refractivity contribution in [3.63, 3.8) is 0 Å². The molecule has 1 amide bonds. The second-order valence-corrected chi connectivity index (χ2v) is 6.57. The average molecular weight is 393 g/mol. The molecule has 1 aromatic carbocycles. The number of nitrogens with zero attached hydrogens (tertiary/aromatic N) is 7. The van der Waals surface area contributed by atoms with Crippen molar-refractivity contribution in [1.29, 1.82) is 0 Å². The van der Waals surface area contributed by atoms with Crippen molar-refractivity contribution in [3.8, 4) is 5.69 Å². The molecule has 0 spiro atoms. The number of hydrogen-bond acceptors (Lipinski definition) is 7. The minimum Gasteiger partial charge on any atom is -0.337 e. The molecular weight excluding hydrogens is 374 g/mol. The lowest BCUT2D eigenvalue weighted by molar-refractivity contribution is 0.0735. The standard InChI is InChI=1S/C19H19N7O3/c1-23-16(27)15(22-26(19(23)29)14-6-3-2-4-7-14)17(28)24-10-12-25(13-11-24)18-20-8-5-9-21-18/h2-9H,10-13H2,1H3. The van der Waals surface area contributed by atoms with Gasteiger partial charge in [-0.3, -0.25) is 14.2 Å². The summed E-state index contributed by atoms with van der Waals surface area (Å²) in [5.74, 6) is 0.107. The number of rotatable bonds is 3. The van der Waals surface area contributed by atoms with Crippen molar-refractivity contribution in [3.05, 3.63) is 75.3 Å². The minimum absolute atomic E-state index is 0.277. The van der Waals surface area contributed by atoms with E-state index in [0.29, 0.717) is 37.8 Å². The van der Waals surface area contributed by atoms with Gasteiger partial charge in [-0.05, 0) is 18.2 Å². The fraction of sp³-hybridized carbons (Fsp3) is 0.263. The number of amides is 1. The van der Waals surface area contributed by atoms with Crippen LogP contribution in [0.2, 0.25) is 0 Å². The van der Waals surface area contributed by atoms with E-state index in [4.69, 9.17) is 0 Å². The molecule has 0 unspecified atom stereocenters. The molecule has 1 saturated heterocycles. The predicted molar refractivity (Wildman–Crippen MR) is 105 cm³/mol. The number of para-hydroxylation sites is 1. The van der Waals surface area contributed by atoms with Crippen molar-refractivity contribution in [1.82, 2.24) is 29.2 Å². The van der Waals surface area contributed by atoms with Gasteiger partial charge in [0.05, 0.1) is 5.69 Å². The summed E-state index contributed by atoms with van der Waals surface area (Å²) in [4.78, 5) is 50.0. The van der Waals surface area contributed by atoms with E-state index in [9.17, 15) is 14.4 Å². The van der Waals surface area contributed by atoms with E-state index >= 15 is 0 Å². The molecule has 0 bridgehead atoms. The molecule has 3 aromatic rings. The molecule has 10 heteroatoms. The van der Waals surface area contributed by atoms with Crippen molar-refractivity contribution >= 4 is 11.9 Å². The number of carbonyl (C=O) groups excluding carboxylic acids is 1. The predicted octanol–water partition coefficient (Wildman–Crippen LogP) is -0.316. The van der Waals surface area contributed by atoms with E-state index in [1.165, 1.54) is 7.05 Å². The largest absolute Gasteiger partial charge is 0.351 e. The Balaban J connectivity index is 1.60. The molecule has 0 saturated carbocycles. The summed E-state index contributed by atoms with van der Waals surface area (Å²) in [7, 11) is 1.34. The van der Waals surface area contributed by atoms with Crippen molar-refractivity contribution in [2.75, 3.05) is 31.1 Å². The SMILES string of the molecule is Cn1c(=O)c(C(=O)N2CCN(c3ncccn3)CC2)nn(-c2ccccc2)c1=O. The lowest BCUT2D eigenvalue weighted by Crippen LogP contribution is -2.52. The number of anilines is 1. The molecule has 3 heterocycles. The first-order chi connectivity index (χ1) is 14.1. The summed E-state index contributed by atoms with van der Waals surface area (Å²) in [5.41, 5.74) is -1.11. The van der Waals surface area contributed by atoms with Gasteiger partial charge in [-0.25, -0.2) is 14.8 Å². The summed E-state index contributed by atoms with van der Waals surface area (Å²) in [6, 6.07) is 10.4. The maximum absolute atomic E-state index is 13.0. The molecule has 29 heavy (non-hydrogen) atoms. The number of aromatic nitrogens is 5. The van der Waals surface area contributed by atoms with E-state index in [-0.39, 0.29) is 5.69 Å². The first-order valence-electron chi connectivity index (χ1n) is 9.13. The maximum Gasteiger partial charge on any atom is 0.351 e. The topological polar surface area (TPSA) is 106 Å². The zero-order chi connectivity index (χ0) is 20.4. The van der Waals surface area contributed by atoms with Crippen LogP contribution < -0.4 is 16.1 Å². The Morgan fingerprint density at radius 3 is 2.24 bits per heavy atom. The van der Waals surface area contributed by atoms with E-state index in [1.807, 2.05) is 4.90 Å². The smallest absolute Gasteiger partial charge is 0.337 e. The van der Waals surface area contributed by atoms with Crippen LogP contribution in [0, 0.1) is 0 Å².